The van der Waals surface area contributed by atoms with E-state index in [9.17, 15) is 0 Å². The highest BCUT2D eigenvalue weighted by Crippen LogP contribution is 2.11. The summed E-state index contributed by atoms with van der Waals surface area (Å²) in [5.74, 6) is 0.759. The lowest BCUT2D eigenvalue weighted by Crippen LogP contribution is -2.12. The van der Waals surface area contributed by atoms with E-state index < -0.39 is 0 Å². The van der Waals surface area contributed by atoms with Gasteiger partial charge in [-0.2, -0.15) is 0 Å². The molecular weight excluding hydrogens is 232 g/mol. The van der Waals surface area contributed by atoms with Gasteiger partial charge in [0.1, 0.15) is 12.4 Å². The molecule has 0 aliphatic carbocycles. The zero-order valence-electron chi connectivity index (χ0n) is 10.8. The third-order valence-corrected chi connectivity index (χ3v) is 2.16. The highest BCUT2D eigenvalue weighted by molar-refractivity contribution is 5.29. The van der Waals surface area contributed by atoms with E-state index in [0.717, 1.165) is 5.75 Å². The van der Waals surface area contributed by atoms with Gasteiger partial charge in [0, 0.05) is 7.11 Å². The fraction of sp³-hybridized carbons (Fsp3) is 0.500. The van der Waals surface area contributed by atoms with Crippen molar-refractivity contribution in [3.8, 4) is 5.75 Å². The Balaban J connectivity index is 1.92. The highest BCUT2D eigenvalue weighted by Gasteiger charge is 1.94. The molecule has 0 aliphatic rings. The van der Waals surface area contributed by atoms with Gasteiger partial charge in [-0.3, -0.25) is 0 Å². The van der Waals surface area contributed by atoms with E-state index in [1.165, 1.54) is 0 Å². The standard InChI is InChI=1S/C14H20O4/c1-13-4-3-5-14(12-13)18-11-10-17-9-8-16-7-6-15-2/h1,3-5,12H,6-11H2,2H3. The molecule has 0 amide bonds. The molecule has 100 valence electrons. The summed E-state index contributed by atoms with van der Waals surface area (Å²) in [4.78, 5) is 0. The van der Waals surface area contributed by atoms with Crippen LogP contribution in [0.3, 0.4) is 0 Å². The second-order valence-corrected chi connectivity index (χ2v) is 3.64. The molecule has 0 N–H and O–H groups in total. The first-order valence-corrected chi connectivity index (χ1v) is 5.95. The molecule has 0 aromatic heterocycles. The number of hydrogen-bond acceptors (Lipinski definition) is 4. The third-order valence-electron chi connectivity index (χ3n) is 2.16. The van der Waals surface area contributed by atoms with E-state index in [-0.39, 0.29) is 0 Å². The van der Waals surface area contributed by atoms with Gasteiger partial charge in [-0.1, -0.05) is 12.1 Å². The van der Waals surface area contributed by atoms with E-state index in [1.54, 1.807) is 13.2 Å². The summed E-state index contributed by atoms with van der Waals surface area (Å²) < 4.78 is 20.9. The van der Waals surface area contributed by atoms with E-state index >= 15 is 0 Å². The maximum Gasteiger partial charge on any atom is 0.119 e. The first-order chi connectivity index (χ1) is 8.83. The van der Waals surface area contributed by atoms with Gasteiger partial charge in [0.2, 0.25) is 0 Å². The van der Waals surface area contributed by atoms with Gasteiger partial charge in [-0.15, -0.1) is 0 Å². The third kappa shape index (κ3) is 7.27. The average Bonchev–Trinajstić information content (AvgIpc) is 2.37. The maximum atomic E-state index is 5.63. The van der Waals surface area contributed by atoms with Crippen molar-refractivity contribution in [1.29, 1.82) is 0 Å². The summed E-state index contributed by atoms with van der Waals surface area (Å²) in [6.45, 7) is 9.00. The topological polar surface area (TPSA) is 36.9 Å². The number of benzene rings is 1. The van der Waals surface area contributed by atoms with Crippen LogP contribution in [0.2, 0.25) is 0 Å². The molecule has 0 saturated carbocycles. The number of ether oxygens (including phenoxy) is 4. The summed E-state index contributed by atoms with van der Waals surface area (Å²) in [7, 11) is 1.65. The molecule has 0 spiro atoms. The van der Waals surface area contributed by atoms with Crippen LogP contribution in [-0.4, -0.2) is 46.8 Å². The summed E-state index contributed by atoms with van der Waals surface area (Å²) in [6.07, 6.45) is 0. The highest BCUT2D eigenvalue weighted by atomic mass is 16.6. The minimum Gasteiger partial charge on any atom is -0.491 e. The lowest BCUT2D eigenvalue weighted by Gasteiger charge is -2.08. The first-order valence-electron chi connectivity index (χ1n) is 5.95. The van der Waals surface area contributed by atoms with Crippen LogP contribution in [0.1, 0.15) is 5.56 Å². The normalized spacial score (nSPS) is 10.6. The van der Waals surface area contributed by atoms with Crippen LogP contribution in [0.4, 0.5) is 0 Å². The van der Waals surface area contributed by atoms with Crippen molar-refractivity contribution in [1.82, 2.24) is 0 Å². The molecule has 1 aromatic carbocycles. The Hall–Kier alpha value is -1.10. The molecule has 0 aliphatic heterocycles. The predicted molar refractivity (Wildman–Crippen MR) is 68.9 cm³/mol. The van der Waals surface area contributed by atoms with E-state index in [0.29, 0.717) is 45.2 Å². The van der Waals surface area contributed by atoms with Crippen molar-refractivity contribution >= 4 is 0 Å². The van der Waals surface area contributed by atoms with E-state index in [2.05, 4.69) is 0 Å². The van der Waals surface area contributed by atoms with Gasteiger partial charge in [-0.05, 0) is 24.6 Å². The zero-order valence-corrected chi connectivity index (χ0v) is 10.8. The molecule has 1 aromatic rings. The lowest BCUT2D eigenvalue weighted by molar-refractivity contribution is 0.0180. The molecule has 18 heavy (non-hydrogen) atoms. The lowest BCUT2D eigenvalue weighted by atomic mass is 10.2. The van der Waals surface area contributed by atoms with Gasteiger partial charge in [-0.25, -0.2) is 0 Å². The number of methoxy groups -OCH3 is 1. The molecule has 0 saturated heterocycles. The van der Waals surface area contributed by atoms with Crippen molar-refractivity contribution < 1.29 is 18.9 Å². The monoisotopic (exact) mass is 252 g/mol. The predicted octanol–water partition coefficient (Wildman–Crippen LogP) is 1.80. The second-order valence-electron chi connectivity index (χ2n) is 3.64. The summed E-state index contributed by atoms with van der Waals surface area (Å²) in [5.41, 5.74) is 0.694. The Morgan fingerprint density at radius 2 is 1.61 bits per heavy atom. The zero-order chi connectivity index (χ0) is 13.1. The van der Waals surface area contributed by atoms with Crippen LogP contribution in [0, 0.1) is 6.92 Å². The Bertz CT molecular complexity index is 314. The van der Waals surface area contributed by atoms with Crippen LogP contribution in [-0.2, 0) is 14.2 Å². The van der Waals surface area contributed by atoms with Crippen molar-refractivity contribution in [2.24, 2.45) is 0 Å². The summed E-state index contributed by atoms with van der Waals surface area (Å²) >= 11 is 0. The maximum absolute atomic E-state index is 5.63. The second kappa shape index (κ2) is 9.88. The van der Waals surface area contributed by atoms with E-state index in [4.69, 9.17) is 25.9 Å². The molecule has 0 bridgehead atoms. The first kappa shape index (κ1) is 15.0. The fourth-order valence-electron chi connectivity index (χ4n) is 1.29. The van der Waals surface area contributed by atoms with Gasteiger partial charge >= 0.3 is 0 Å². The molecule has 0 unspecified atom stereocenters. The quantitative estimate of drug-likeness (QED) is 0.595. The SMILES string of the molecule is [CH]c1cccc(OCCOCCOCCOC)c1. The van der Waals surface area contributed by atoms with Gasteiger partial charge in [0.25, 0.3) is 0 Å². The molecule has 0 heterocycles. The largest absolute Gasteiger partial charge is 0.491 e. The molecule has 0 atom stereocenters. The number of rotatable bonds is 10. The van der Waals surface area contributed by atoms with Gasteiger partial charge in [0.05, 0.1) is 33.0 Å². The van der Waals surface area contributed by atoms with Gasteiger partial charge in [0.15, 0.2) is 0 Å². The molecule has 4 heteroatoms. The molecular formula is C14H20O4. The molecule has 0 fully saturated rings. The Kier molecular flexibility index (Phi) is 8.21. The van der Waals surface area contributed by atoms with Gasteiger partial charge < -0.3 is 18.9 Å². The van der Waals surface area contributed by atoms with Crippen molar-refractivity contribution in [2.75, 3.05) is 46.8 Å². The smallest absolute Gasteiger partial charge is 0.119 e. The van der Waals surface area contributed by atoms with Crippen molar-refractivity contribution in [2.45, 2.75) is 0 Å². The fourth-order valence-corrected chi connectivity index (χ4v) is 1.29. The van der Waals surface area contributed by atoms with Crippen LogP contribution in [0.5, 0.6) is 5.75 Å². The van der Waals surface area contributed by atoms with Crippen LogP contribution < -0.4 is 4.74 Å². The van der Waals surface area contributed by atoms with Crippen molar-refractivity contribution in [3.63, 3.8) is 0 Å². The van der Waals surface area contributed by atoms with Crippen LogP contribution in [0.25, 0.3) is 0 Å². The Morgan fingerprint density at radius 1 is 0.944 bits per heavy atom. The van der Waals surface area contributed by atoms with Crippen LogP contribution >= 0.6 is 0 Å². The molecule has 1 rings (SSSR count). The Labute approximate surface area is 109 Å². The number of hydrogen-bond donors (Lipinski definition) is 0. The Morgan fingerprint density at radius 3 is 2.28 bits per heavy atom. The average molecular weight is 252 g/mol. The van der Waals surface area contributed by atoms with Crippen LogP contribution in [0.15, 0.2) is 24.3 Å². The minimum atomic E-state index is 0.502. The molecule has 4 nitrogen and oxygen atoms in total. The van der Waals surface area contributed by atoms with Crippen molar-refractivity contribution in [3.05, 3.63) is 36.8 Å². The summed E-state index contributed by atoms with van der Waals surface area (Å²) in [5, 5.41) is 0. The molecule has 2 radical (unpaired) electrons. The van der Waals surface area contributed by atoms with E-state index in [1.807, 2.05) is 18.2 Å². The minimum absolute atomic E-state index is 0.502. The summed E-state index contributed by atoms with van der Waals surface area (Å²) in [6, 6.07) is 7.33.